The summed E-state index contributed by atoms with van der Waals surface area (Å²) in [6, 6.07) is 2.42. The van der Waals surface area contributed by atoms with Gasteiger partial charge in [0.25, 0.3) is 0 Å². The van der Waals surface area contributed by atoms with Gasteiger partial charge in [-0.25, -0.2) is 8.42 Å². The average Bonchev–Trinajstić information content (AvgIpc) is 2.59. The van der Waals surface area contributed by atoms with Crippen molar-refractivity contribution in [3.05, 3.63) is 21.3 Å². The van der Waals surface area contributed by atoms with Crippen LogP contribution in [0, 0.1) is 0 Å². The Morgan fingerprint density at radius 2 is 2.19 bits per heavy atom. The van der Waals surface area contributed by atoms with E-state index in [4.69, 9.17) is 17.3 Å². The van der Waals surface area contributed by atoms with Gasteiger partial charge >= 0.3 is 0 Å². The van der Waals surface area contributed by atoms with Crippen LogP contribution in [-0.2, 0) is 9.84 Å². The number of rotatable bonds is 5. The lowest BCUT2D eigenvalue weighted by atomic mass is 10.1. The van der Waals surface area contributed by atoms with E-state index in [0.717, 1.165) is 17.6 Å². The molecule has 1 unspecified atom stereocenters. The zero-order valence-corrected chi connectivity index (χ0v) is 11.0. The molecule has 1 rings (SSSR count). The third kappa shape index (κ3) is 4.21. The zero-order chi connectivity index (χ0) is 12.3. The predicted octanol–water partition coefficient (Wildman–Crippen LogP) is 1.35. The van der Waals surface area contributed by atoms with E-state index in [1.807, 2.05) is 0 Å². The van der Waals surface area contributed by atoms with Crippen LogP contribution < -0.4 is 5.73 Å². The molecule has 0 aliphatic rings. The first kappa shape index (κ1) is 13.6. The van der Waals surface area contributed by atoms with E-state index in [0.29, 0.717) is 9.21 Å². The van der Waals surface area contributed by atoms with Crippen molar-refractivity contribution < 1.29 is 13.2 Å². The lowest BCUT2D eigenvalue weighted by molar-refractivity contribution is 0.0964. The van der Waals surface area contributed by atoms with Crippen LogP contribution in [0.15, 0.2) is 12.1 Å². The smallest absolute Gasteiger partial charge is 0.189 e. The van der Waals surface area contributed by atoms with E-state index >= 15 is 0 Å². The number of carbonyl (C=O) groups is 1. The summed E-state index contributed by atoms with van der Waals surface area (Å²) in [4.78, 5) is 12.2. The van der Waals surface area contributed by atoms with Crippen molar-refractivity contribution in [1.82, 2.24) is 0 Å². The van der Waals surface area contributed by atoms with Crippen LogP contribution in [0.25, 0.3) is 0 Å². The van der Waals surface area contributed by atoms with Crippen molar-refractivity contribution in [2.45, 2.75) is 12.5 Å². The minimum atomic E-state index is -3.08. The Kier molecular flexibility index (Phi) is 4.49. The van der Waals surface area contributed by atoms with Crippen LogP contribution in [0.3, 0.4) is 0 Å². The molecule has 0 fully saturated rings. The Bertz CT molecular complexity index is 481. The summed E-state index contributed by atoms with van der Waals surface area (Å²) in [6.07, 6.45) is 1.25. The number of hydrogen-bond donors (Lipinski definition) is 1. The molecule has 7 heteroatoms. The number of hydrogen-bond acceptors (Lipinski definition) is 5. The molecule has 0 saturated carbocycles. The largest absolute Gasteiger partial charge is 0.321 e. The van der Waals surface area contributed by atoms with Gasteiger partial charge < -0.3 is 5.73 Å². The van der Waals surface area contributed by atoms with Crippen molar-refractivity contribution >= 4 is 38.6 Å². The number of carbonyl (C=O) groups excluding carboxylic acids is 1. The summed E-state index contributed by atoms with van der Waals surface area (Å²) in [5.41, 5.74) is 5.62. The molecule has 0 saturated heterocycles. The molecular weight excluding hydrogens is 270 g/mol. The Hall–Kier alpha value is -0.430. The lowest BCUT2D eigenvalue weighted by Gasteiger charge is -2.07. The standard InChI is InChI=1S/C9H12ClNO3S2/c1-16(13,14)5-4-6(11)9(12)7-2-3-8(10)15-7/h2-3,6H,4-5,11H2,1H3. The van der Waals surface area contributed by atoms with Crippen LogP contribution in [0.4, 0.5) is 0 Å². The van der Waals surface area contributed by atoms with E-state index < -0.39 is 15.9 Å². The first-order chi connectivity index (χ1) is 7.29. The summed E-state index contributed by atoms with van der Waals surface area (Å²) >= 11 is 6.83. The molecule has 0 radical (unpaired) electrons. The summed E-state index contributed by atoms with van der Waals surface area (Å²) in [5.74, 6) is -0.348. The highest BCUT2D eigenvalue weighted by Gasteiger charge is 2.19. The molecule has 0 spiro atoms. The molecule has 0 bridgehead atoms. The van der Waals surface area contributed by atoms with Gasteiger partial charge in [0.1, 0.15) is 9.84 Å². The number of ketones is 1. The average molecular weight is 282 g/mol. The van der Waals surface area contributed by atoms with Gasteiger partial charge in [-0.1, -0.05) is 11.6 Å². The highest BCUT2D eigenvalue weighted by atomic mass is 35.5. The minimum absolute atomic E-state index is 0.0843. The number of sulfone groups is 1. The Balaban J connectivity index is 2.61. The third-order valence-electron chi connectivity index (χ3n) is 1.95. The molecule has 2 N–H and O–H groups in total. The molecule has 1 heterocycles. The quantitative estimate of drug-likeness (QED) is 0.827. The molecule has 0 amide bonds. The van der Waals surface area contributed by atoms with Crippen molar-refractivity contribution in [3.8, 4) is 0 Å². The van der Waals surface area contributed by atoms with Crippen LogP contribution >= 0.6 is 22.9 Å². The normalized spacial score (nSPS) is 13.7. The van der Waals surface area contributed by atoms with Gasteiger partial charge in [-0.2, -0.15) is 0 Å². The van der Waals surface area contributed by atoms with Gasteiger partial charge in [0.15, 0.2) is 5.78 Å². The highest BCUT2D eigenvalue weighted by Crippen LogP contribution is 2.22. The maximum atomic E-state index is 11.7. The second kappa shape index (κ2) is 5.27. The van der Waals surface area contributed by atoms with Gasteiger partial charge in [0.05, 0.1) is 21.0 Å². The van der Waals surface area contributed by atoms with E-state index in [1.165, 1.54) is 0 Å². The zero-order valence-electron chi connectivity index (χ0n) is 8.64. The first-order valence-corrected chi connectivity index (χ1v) is 7.78. The maximum absolute atomic E-state index is 11.7. The molecule has 90 valence electrons. The SMILES string of the molecule is CS(=O)(=O)CCC(N)C(=O)c1ccc(Cl)s1. The number of thiophene rings is 1. The Labute approximate surface area is 103 Å². The number of nitrogens with two attached hydrogens (primary N) is 1. The fourth-order valence-electron chi connectivity index (χ4n) is 1.10. The maximum Gasteiger partial charge on any atom is 0.189 e. The van der Waals surface area contributed by atoms with Crippen LogP contribution in [-0.4, -0.2) is 32.3 Å². The van der Waals surface area contributed by atoms with Gasteiger partial charge in [-0.15, -0.1) is 11.3 Å². The van der Waals surface area contributed by atoms with Crippen molar-refractivity contribution in [2.75, 3.05) is 12.0 Å². The lowest BCUT2D eigenvalue weighted by Crippen LogP contribution is -2.32. The van der Waals surface area contributed by atoms with Crippen molar-refractivity contribution in [3.63, 3.8) is 0 Å². The summed E-state index contributed by atoms with van der Waals surface area (Å²) in [5, 5.41) is 0. The summed E-state index contributed by atoms with van der Waals surface area (Å²) in [7, 11) is -3.08. The van der Waals surface area contributed by atoms with Crippen LogP contribution in [0.5, 0.6) is 0 Å². The molecule has 1 atom stereocenters. The molecule has 0 aliphatic carbocycles. The van der Waals surface area contributed by atoms with E-state index in [2.05, 4.69) is 0 Å². The third-order valence-corrected chi connectivity index (χ3v) is 4.18. The van der Waals surface area contributed by atoms with E-state index in [1.54, 1.807) is 12.1 Å². The molecule has 16 heavy (non-hydrogen) atoms. The highest BCUT2D eigenvalue weighted by molar-refractivity contribution is 7.90. The second-order valence-electron chi connectivity index (χ2n) is 3.49. The molecule has 0 aromatic carbocycles. The van der Waals surface area contributed by atoms with Gasteiger partial charge in [0.2, 0.25) is 0 Å². The number of halogens is 1. The number of Topliss-reactive ketones (excluding diaryl/α,β-unsaturated/α-hetero) is 1. The predicted molar refractivity (Wildman–Crippen MR) is 66.0 cm³/mol. The van der Waals surface area contributed by atoms with Gasteiger partial charge in [-0.05, 0) is 18.6 Å². The Morgan fingerprint density at radius 1 is 1.56 bits per heavy atom. The molecule has 0 aliphatic heterocycles. The van der Waals surface area contributed by atoms with E-state index in [-0.39, 0.29) is 18.0 Å². The fourth-order valence-corrected chi connectivity index (χ4v) is 2.83. The van der Waals surface area contributed by atoms with Crippen molar-refractivity contribution in [2.24, 2.45) is 5.73 Å². The molecule has 4 nitrogen and oxygen atoms in total. The molecule has 1 aromatic heterocycles. The fraction of sp³-hybridized carbons (Fsp3) is 0.444. The summed E-state index contributed by atoms with van der Waals surface area (Å²) in [6.45, 7) is 0. The second-order valence-corrected chi connectivity index (χ2v) is 7.47. The Morgan fingerprint density at radius 3 is 2.62 bits per heavy atom. The van der Waals surface area contributed by atoms with Gasteiger partial charge in [-0.3, -0.25) is 4.79 Å². The summed E-state index contributed by atoms with van der Waals surface area (Å²) < 4.78 is 22.3. The van der Waals surface area contributed by atoms with Crippen LogP contribution in [0.2, 0.25) is 4.34 Å². The van der Waals surface area contributed by atoms with Crippen molar-refractivity contribution in [1.29, 1.82) is 0 Å². The van der Waals surface area contributed by atoms with E-state index in [9.17, 15) is 13.2 Å². The monoisotopic (exact) mass is 281 g/mol. The molecular formula is C9H12ClNO3S2. The minimum Gasteiger partial charge on any atom is -0.321 e. The first-order valence-electron chi connectivity index (χ1n) is 4.52. The molecule has 1 aromatic rings. The topological polar surface area (TPSA) is 77.2 Å². The van der Waals surface area contributed by atoms with Crippen LogP contribution in [0.1, 0.15) is 16.1 Å². The van der Waals surface area contributed by atoms with Gasteiger partial charge in [0, 0.05) is 6.26 Å².